The predicted octanol–water partition coefficient (Wildman–Crippen LogP) is 0.537. The summed E-state index contributed by atoms with van der Waals surface area (Å²) in [6.45, 7) is 0.708. The Kier molecular flexibility index (Phi) is 5.87. The largest absolute Gasteiger partial charge is 0.469 e. The number of nitrogens with two attached hydrogens (primary N) is 1. The molecule has 0 spiro atoms. The molecule has 2 N–H and O–H groups in total. The summed E-state index contributed by atoms with van der Waals surface area (Å²) in [5, 5.41) is 0. The molecule has 0 heterocycles. The van der Waals surface area contributed by atoms with Crippen LogP contribution >= 0.6 is 0 Å². The minimum absolute atomic E-state index is 0.0615. The van der Waals surface area contributed by atoms with Gasteiger partial charge < -0.3 is 15.4 Å². The monoisotopic (exact) mass is 250 g/mol. The number of rotatable bonds is 6. The summed E-state index contributed by atoms with van der Waals surface area (Å²) in [5.74, 6) is -0.513. The quantitative estimate of drug-likeness (QED) is 0.748. The number of ether oxygens (including phenoxy) is 1. The lowest BCUT2D eigenvalue weighted by Crippen LogP contribution is -2.37. The molecule has 1 amide bonds. The molecule has 0 saturated heterocycles. The van der Waals surface area contributed by atoms with E-state index in [0.717, 1.165) is 5.56 Å². The van der Waals surface area contributed by atoms with Crippen LogP contribution in [-0.2, 0) is 20.9 Å². The highest BCUT2D eigenvalue weighted by atomic mass is 16.5. The summed E-state index contributed by atoms with van der Waals surface area (Å²) in [4.78, 5) is 24.3. The van der Waals surface area contributed by atoms with Gasteiger partial charge in [0.1, 0.15) is 0 Å². The zero-order chi connectivity index (χ0) is 13.4. The van der Waals surface area contributed by atoms with E-state index < -0.39 is 0 Å². The highest BCUT2D eigenvalue weighted by Crippen LogP contribution is 2.05. The van der Waals surface area contributed by atoms with Crippen molar-refractivity contribution in [1.82, 2.24) is 4.90 Å². The first-order valence-electron chi connectivity index (χ1n) is 5.76. The third-order valence-corrected chi connectivity index (χ3v) is 2.56. The lowest BCUT2D eigenvalue weighted by Gasteiger charge is -2.21. The SMILES string of the molecule is COC(=O)CCN(Cc1ccccc1)C(=O)CN. The maximum absolute atomic E-state index is 11.7. The van der Waals surface area contributed by atoms with Gasteiger partial charge in [-0.3, -0.25) is 9.59 Å². The van der Waals surface area contributed by atoms with E-state index in [1.54, 1.807) is 4.90 Å². The van der Waals surface area contributed by atoms with Gasteiger partial charge in [0.15, 0.2) is 0 Å². The van der Waals surface area contributed by atoms with Gasteiger partial charge in [-0.1, -0.05) is 30.3 Å². The predicted molar refractivity (Wildman–Crippen MR) is 67.5 cm³/mol. The molecule has 5 heteroatoms. The fourth-order valence-electron chi connectivity index (χ4n) is 1.55. The summed E-state index contributed by atoms with van der Waals surface area (Å²) < 4.78 is 4.56. The van der Waals surface area contributed by atoms with E-state index >= 15 is 0 Å². The van der Waals surface area contributed by atoms with Crippen LogP contribution in [0.2, 0.25) is 0 Å². The minimum Gasteiger partial charge on any atom is -0.469 e. The van der Waals surface area contributed by atoms with Crippen LogP contribution in [0.4, 0.5) is 0 Å². The Hall–Kier alpha value is -1.88. The Bertz CT molecular complexity index is 392. The zero-order valence-corrected chi connectivity index (χ0v) is 10.5. The van der Waals surface area contributed by atoms with Crippen LogP contribution in [0.25, 0.3) is 0 Å². The van der Waals surface area contributed by atoms with E-state index in [2.05, 4.69) is 4.74 Å². The number of esters is 1. The second kappa shape index (κ2) is 7.45. The average molecular weight is 250 g/mol. The lowest BCUT2D eigenvalue weighted by molar-refractivity contribution is -0.141. The standard InChI is InChI=1S/C13H18N2O3/c1-18-13(17)7-8-15(12(16)9-14)10-11-5-3-2-4-6-11/h2-6H,7-10,14H2,1H3. The minimum atomic E-state index is -0.335. The summed E-state index contributed by atoms with van der Waals surface area (Å²) in [7, 11) is 1.33. The Morgan fingerprint density at radius 3 is 2.50 bits per heavy atom. The first-order valence-corrected chi connectivity index (χ1v) is 5.76. The van der Waals surface area contributed by atoms with E-state index in [1.807, 2.05) is 30.3 Å². The molecule has 98 valence electrons. The van der Waals surface area contributed by atoms with E-state index in [4.69, 9.17) is 5.73 Å². The summed E-state index contributed by atoms with van der Waals surface area (Å²) >= 11 is 0. The average Bonchev–Trinajstić information content (AvgIpc) is 2.43. The Morgan fingerprint density at radius 1 is 1.28 bits per heavy atom. The van der Waals surface area contributed by atoms with Crippen LogP contribution in [0.3, 0.4) is 0 Å². The molecule has 18 heavy (non-hydrogen) atoms. The number of hydrogen-bond donors (Lipinski definition) is 1. The van der Waals surface area contributed by atoms with Crippen molar-refractivity contribution in [2.45, 2.75) is 13.0 Å². The number of carbonyl (C=O) groups is 2. The maximum Gasteiger partial charge on any atom is 0.307 e. The van der Waals surface area contributed by atoms with Crippen molar-refractivity contribution < 1.29 is 14.3 Å². The Morgan fingerprint density at radius 2 is 1.94 bits per heavy atom. The topological polar surface area (TPSA) is 72.6 Å². The van der Waals surface area contributed by atoms with Crippen molar-refractivity contribution in [2.75, 3.05) is 20.2 Å². The van der Waals surface area contributed by atoms with Crippen LogP contribution in [0.15, 0.2) is 30.3 Å². The van der Waals surface area contributed by atoms with Gasteiger partial charge in [0.05, 0.1) is 20.1 Å². The molecule has 1 aromatic carbocycles. The van der Waals surface area contributed by atoms with Crippen molar-refractivity contribution in [3.05, 3.63) is 35.9 Å². The van der Waals surface area contributed by atoms with Gasteiger partial charge in [0, 0.05) is 13.1 Å². The normalized spacial score (nSPS) is 9.89. The molecule has 0 aliphatic carbocycles. The van der Waals surface area contributed by atoms with E-state index in [9.17, 15) is 9.59 Å². The van der Waals surface area contributed by atoms with Gasteiger partial charge in [-0.2, -0.15) is 0 Å². The molecule has 1 rings (SSSR count). The number of nitrogens with zero attached hydrogens (tertiary/aromatic N) is 1. The number of methoxy groups -OCH3 is 1. The second-order valence-corrected chi connectivity index (χ2v) is 3.83. The second-order valence-electron chi connectivity index (χ2n) is 3.83. The summed E-state index contributed by atoms with van der Waals surface area (Å²) in [6.07, 6.45) is 0.176. The van der Waals surface area contributed by atoms with Gasteiger partial charge in [0.2, 0.25) is 5.91 Å². The van der Waals surface area contributed by atoms with Gasteiger partial charge >= 0.3 is 5.97 Å². The van der Waals surface area contributed by atoms with Gasteiger partial charge in [0.25, 0.3) is 0 Å². The van der Waals surface area contributed by atoms with E-state index in [-0.39, 0.29) is 24.8 Å². The maximum atomic E-state index is 11.7. The molecule has 0 saturated carbocycles. The molecule has 1 aromatic rings. The lowest BCUT2D eigenvalue weighted by atomic mass is 10.2. The Balaban J connectivity index is 2.61. The van der Waals surface area contributed by atoms with Crippen LogP contribution in [0, 0.1) is 0 Å². The molecule has 0 aliphatic rings. The van der Waals surface area contributed by atoms with Gasteiger partial charge in [-0.15, -0.1) is 0 Å². The third kappa shape index (κ3) is 4.55. The van der Waals surface area contributed by atoms with Crippen molar-refractivity contribution >= 4 is 11.9 Å². The molecular weight excluding hydrogens is 232 g/mol. The van der Waals surface area contributed by atoms with Gasteiger partial charge in [-0.05, 0) is 5.56 Å². The van der Waals surface area contributed by atoms with Gasteiger partial charge in [-0.25, -0.2) is 0 Å². The van der Waals surface area contributed by atoms with Crippen LogP contribution in [-0.4, -0.2) is 37.0 Å². The molecule has 0 radical (unpaired) electrons. The molecular formula is C13H18N2O3. The molecule has 0 atom stereocenters. The van der Waals surface area contributed by atoms with E-state index in [0.29, 0.717) is 13.1 Å². The highest BCUT2D eigenvalue weighted by molar-refractivity contribution is 5.78. The fraction of sp³-hybridized carbons (Fsp3) is 0.385. The number of amides is 1. The van der Waals surface area contributed by atoms with Crippen molar-refractivity contribution in [3.63, 3.8) is 0 Å². The van der Waals surface area contributed by atoms with Crippen molar-refractivity contribution in [2.24, 2.45) is 5.73 Å². The van der Waals surface area contributed by atoms with Crippen LogP contribution < -0.4 is 5.73 Å². The molecule has 0 bridgehead atoms. The van der Waals surface area contributed by atoms with E-state index in [1.165, 1.54) is 7.11 Å². The highest BCUT2D eigenvalue weighted by Gasteiger charge is 2.14. The Labute approximate surface area is 107 Å². The van der Waals surface area contributed by atoms with Crippen LogP contribution in [0.5, 0.6) is 0 Å². The molecule has 0 aromatic heterocycles. The number of hydrogen-bond acceptors (Lipinski definition) is 4. The number of carbonyl (C=O) groups excluding carboxylic acids is 2. The zero-order valence-electron chi connectivity index (χ0n) is 10.5. The first-order chi connectivity index (χ1) is 8.67. The molecule has 0 aliphatic heterocycles. The molecule has 0 fully saturated rings. The third-order valence-electron chi connectivity index (χ3n) is 2.56. The van der Waals surface area contributed by atoms with Crippen LogP contribution in [0.1, 0.15) is 12.0 Å². The number of benzene rings is 1. The van der Waals surface area contributed by atoms with Crippen molar-refractivity contribution in [1.29, 1.82) is 0 Å². The summed E-state index contributed by atoms with van der Waals surface area (Å²) in [6, 6.07) is 9.57. The molecule has 5 nitrogen and oxygen atoms in total. The smallest absolute Gasteiger partial charge is 0.307 e. The summed E-state index contributed by atoms with van der Waals surface area (Å²) in [5.41, 5.74) is 6.36. The molecule has 0 unspecified atom stereocenters. The fourth-order valence-corrected chi connectivity index (χ4v) is 1.55. The first kappa shape index (κ1) is 14.2. The van der Waals surface area contributed by atoms with Crippen molar-refractivity contribution in [3.8, 4) is 0 Å².